The minimum absolute atomic E-state index is 0.0449. The van der Waals surface area contributed by atoms with Crippen molar-refractivity contribution in [2.75, 3.05) is 26.2 Å². The molecule has 4 fully saturated rings. The lowest BCUT2D eigenvalue weighted by atomic mass is 9.74. The number of carbonyl (C=O) groups excluding carboxylic acids is 1. The van der Waals surface area contributed by atoms with Gasteiger partial charge in [-0.25, -0.2) is 19.8 Å². The van der Waals surface area contributed by atoms with Gasteiger partial charge in [0.1, 0.15) is 10.9 Å². The van der Waals surface area contributed by atoms with Crippen LogP contribution in [0.3, 0.4) is 0 Å². The Kier molecular flexibility index (Phi) is 6.76. The van der Waals surface area contributed by atoms with Gasteiger partial charge in [-0.05, 0) is 71.8 Å². The van der Waals surface area contributed by atoms with Crippen LogP contribution in [0.2, 0.25) is 0 Å². The smallest absolute Gasteiger partial charge is 0.325 e. The van der Waals surface area contributed by atoms with Crippen LogP contribution in [0.25, 0.3) is 22.3 Å². The molecule has 44 heavy (non-hydrogen) atoms. The van der Waals surface area contributed by atoms with E-state index in [0.29, 0.717) is 24.7 Å². The monoisotopic (exact) mass is 589 g/mol. The van der Waals surface area contributed by atoms with E-state index in [4.69, 9.17) is 15.0 Å². The first kappa shape index (κ1) is 27.8. The van der Waals surface area contributed by atoms with Crippen molar-refractivity contribution < 1.29 is 9.37 Å². The summed E-state index contributed by atoms with van der Waals surface area (Å²) in [7, 11) is 0. The van der Waals surface area contributed by atoms with E-state index in [9.17, 15) is 10.1 Å². The van der Waals surface area contributed by atoms with Gasteiger partial charge in [0, 0.05) is 60.7 Å². The van der Waals surface area contributed by atoms with E-state index in [0.717, 1.165) is 72.5 Å². The van der Waals surface area contributed by atoms with Gasteiger partial charge in [-0.1, -0.05) is 18.6 Å². The number of hydrogen-bond donors (Lipinski definition) is 1. The first-order valence-corrected chi connectivity index (χ1v) is 16.6. The highest BCUT2D eigenvalue weighted by Gasteiger charge is 2.58. The predicted molar refractivity (Wildman–Crippen MR) is 171 cm³/mol. The van der Waals surface area contributed by atoms with E-state index in [1.165, 1.54) is 43.6 Å². The summed E-state index contributed by atoms with van der Waals surface area (Å²) in [6.07, 6.45) is 10.8. The van der Waals surface area contributed by atoms with Crippen LogP contribution < -0.4 is 5.32 Å². The zero-order valence-corrected chi connectivity index (χ0v) is 25.8. The summed E-state index contributed by atoms with van der Waals surface area (Å²) < 4.78 is 4.23. The number of rotatable bonds is 4. The minimum Gasteiger partial charge on any atom is -0.325 e. The van der Waals surface area contributed by atoms with Crippen molar-refractivity contribution in [1.29, 1.82) is 5.26 Å². The van der Waals surface area contributed by atoms with Crippen LogP contribution in [0.5, 0.6) is 0 Å². The minimum atomic E-state index is -0.450. The molecule has 0 radical (unpaired) electrons. The third-order valence-electron chi connectivity index (χ3n) is 10.8. The topological polar surface area (TPSA) is 102 Å². The molecule has 1 aromatic carbocycles. The quantitative estimate of drug-likeness (QED) is 0.399. The molecule has 226 valence electrons. The molecule has 0 unspecified atom stereocenters. The molecule has 0 bridgehead atoms. The number of fused-ring (bicyclic) bond motifs is 3. The van der Waals surface area contributed by atoms with Crippen LogP contribution in [0.4, 0.5) is 11.5 Å². The highest BCUT2D eigenvalue weighted by molar-refractivity contribution is 6.00. The van der Waals surface area contributed by atoms with E-state index in [1.54, 1.807) is 0 Å². The summed E-state index contributed by atoms with van der Waals surface area (Å²) >= 11 is 0. The molecule has 2 aliphatic carbocycles. The standard InChI is InChI=1S/C35H41N8O/c1-22(2)42-21-38-30-19-29(40-33(32(30)42)39-25-14-23(15-25)20-36)24-6-7-28-31(16-24)43(34(44)35(28)8-10-37-11-9-35)27-17-26(18-27)41-12-4-3-5-13-41/h6-7,16,19,21-23,26,37H,3-5,8-15,17-18H2,1-2H3/q+1. The van der Waals surface area contributed by atoms with E-state index in [2.05, 4.69) is 63.5 Å². The van der Waals surface area contributed by atoms with Crippen molar-refractivity contribution in [3.8, 4) is 17.3 Å². The van der Waals surface area contributed by atoms with Crippen molar-refractivity contribution in [2.45, 2.75) is 89.1 Å². The summed E-state index contributed by atoms with van der Waals surface area (Å²) in [4.78, 5) is 31.9. The Hall–Kier alpha value is -3.74. The average Bonchev–Trinajstić information content (AvgIpc) is 3.53. The van der Waals surface area contributed by atoms with E-state index >= 15 is 0 Å². The first-order valence-electron chi connectivity index (χ1n) is 16.6. The highest BCUT2D eigenvalue weighted by atomic mass is 16.2. The van der Waals surface area contributed by atoms with E-state index in [-0.39, 0.29) is 17.9 Å². The number of benzene rings is 1. The SMILES string of the molecule is CC(C)n1cnc2cc(-c3ccc4c(c3)[N+](=C3CC(N5CCCCC5)C3)C(=O)C43CCNCC3)nc(N=C3CC(C#N)C3)c21. The number of pyridine rings is 1. The van der Waals surface area contributed by atoms with Gasteiger partial charge < -0.3 is 9.88 Å². The number of imidazole rings is 1. The fourth-order valence-corrected chi connectivity index (χ4v) is 8.08. The second kappa shape index (κ2) is 10.7. The summed E-state index contributed by atoms with van der Waals surface area (Å²) in [6, 6.07) is 11.7. The van der Waals surface area contributed by atoms with Crippen molar-refractivity contribution in [3.05, 3.63) is 36.2 Å². The van der Waals surface area contributed by atoms with Crippen LogP contribution in [-0.2, 0) is 10.2 Å². The van der Waals surface area contributed by atoms with Gasteiger partial charge in [-0.15, -0.1) is 4.58 Å². The third kappa shape index (κ3) is 4.37. The Bertz CT molecular complexity index is 1750. The molecule has 5 aliphatic rings. The average molecular weight is 590 g/mol. The number of aromatic nitrogens is 3. The first-order chi connectivity index (χ1) is 21.4. The maximum Gasteiger partial charge on any atom is 0.403 e. The lowest BCUT2D eigenvalue weighted by molar-refractivity contribution is -0.370. The maximum atomic E-state index is 14.4. The fourth-order valence-electron chi connectivity index (χ4n) is 8.08. The molecule has 3 aliphatic heterocycles. The van der Waals surface area contributed by atoms with Crippen LogP contribution in [0, 0.1) is 17.2 Å². The number of nitrogens with zero attached hydrogens (tertiary/aromatic N) is 7. The zero-order chi connectivity index (χ0) is 30.0. The second-order valence-electron chi connectivity index (χ2n) is 13.8. The van der Waals surface area contributed by atoms with Crippen LogP contribution in [0.15, 0.2) is 35.6 Å². The summed E-state index contributed by atoms with van der Waals surface area (Å²) in [5.41, 5.74) is 7.62. The summed E-state index contributed by atoms with van der Waals surface area (Å²) in [5, 5.41) is 12.8. The molecule has 9 heteroatoms. The number of nitriles is 1. The molecule has 0 atom stereocenters. The second-order valence-corrected chi connectivity index (χ2v) is 13.8. The lowest BCUT2D eigenvalue weighted by Gasteiger charge is -2.39. The van der Waals surface area contributed by atoms with E-state index in [1.807, 2.05) is 6.33 Å². The number of carbonyl (C=O) groups is 1. The van der Waals surface area contributed by atoms with Gasteiger partial charge in [0.15, 0.2) is 11.5 Å². The summed E-state index contributed by atoms with van der Waals surface area (Å²) in [6.45, 7) is 8.37. The Morgan fingerprint density at radius 2 is 1.86 bits per heavy atom. The van der Waals surface area contributed by atoms with Crippen LogP contribution >= 0.6 is 0 Å². The van der Waals surface area contributed by atoms with Crippen molar-refractivity contribution >= 4 is 39.9 Å². The molecule has 8 rings (SSSR count). The molecule has 1 N–H and O–H groups in total. The van der Waals surface area contributed by atoms with Gasteiger partial charge in [0.05, 0.1) is 29.5 Å². The van der Waals surface area contributed by atoms with Gasteiger partial charge >= 0.3 is 5.91 Å². The summed E-state index contributed by atoms with van der Waals surface area (Å²) in [5.74, 6) is 0.973. The Morgan fingerprint density at radius 1 is 1.09 bits per heavy atom. The molecule has 3 aromatic rings. The molecule has 1 spiro atoms. The van der Waals surface area contributed by atoms with Crippen LogP contribution in [0.1, 0.15) is 83.2 Å². The predicted octanol–water partition coefficient (Wildman–Crippen LogP) is 5.58. The fraction of sp³-hybridized carbons (Fsp3) is 0.543. The van der Waals surface area contributed by atoms with Crippen molar-refractivity contribution in [3.63, 3.8) is 0 Å². The number of nitrogens with one attached hydrogen (secondary N) is 1. The Morgan fingerprint density at radius 3 is 2.59 bits per heavy atom. The molecule has 5 heterocycles. The van der Waals surface area contributed by atoms with Gasteiger partial charge in [-0.2, -0.15) is 5.26 Å². The molecule has 2 saturated carbocycles. The van der Waals surface area contributed by atoms with Crippen molar-refractivity contribution in [2.24, 2.45) is 10.9 Å². The Balaban J connectivity index is 1.22. The number of amides is 1. The van der Waals surface area contributed by atoms with Gasteiger partial charge in [0.25, 0.3) is 0 Å². The number of piperidine rings is 2. The molecule has 2 aromatic heterocycles. The van der Waals surface area contributed by atoms with Crippen molar-refractivity contribution in [1.82, 2.24) is 24.8 Å². The zero-order valence-electron chi connectivity index (χ0n) is 25.8. The molecular formula is C35H41N8O+. The third-order valence-corrected chi connectivity index (χ3v) is 10.8. The largest absolute Gasteiger partial charge is 0.403 e. The van der Waals surface area contributed by atoms with E-state index < -0.39 is 5.41 Å². The molecular weight excluding hydrogens is 548 g/mol. The normalized spacial score (nSPS) is 24.9. The lowest BCUT2D eigenvalue weighted by Crippen LogP contribution is -2.51. The molecule has 9 nitrogen and oxygen atoms in total. The number of likely N-dealkylation sites (tertiary alicyclic amines) is 1. The maximum absolute atomic E-state index is 14.4. The van der Waals surface area contributed by atoms with Gasteiger partial charge in [0.2, 0.25) is 5.69 Å². The van der Waals surface area contributed by atoms with Crippen LogP contribution in [-0.4, -0.2) is 73.6 Å². The number of hydrogen-bond acceptors (Lipinski definition) is 7. The molecule has 1 amide bonds. The molecule has 2 saturated heterocycles. The highest BCUT2D eigenvalue weighted by Crippen LogP contribution is 2.49. The van der Waals surface area contributed by atoms with Gasteiger partial charge in [-0.3, -0.25) is 4.90 Å². The number of aliphatic imine (C=N–C) groups is 1. The Labute approximate surface area is 258 Å².